The van der Waals surface area contributed by atoms with E-state index in [1.165, 1.54) is 11.8 Å². The highest BCUT2D eigenvalue weighted by Crippen LogP contribution is 2.43. The van der Waals surface area contributed by atoms with Gasteiger partial charge in [0.25, 0.3) is 5.91 Å². The van der Waals surface area contributed by atoms with Crippen LogP contribution in [-0.4, -0.2) is 48.2 Å². The summed E-state index contributed by atoms with van der Waals surface area (Å²) >= 11 is 19.1. The van der Waals surface area contributed by atoms with Crippen molar-refractivity contribution < 1.29 is 13.2 Å². The third-order valence-corrected chi connectivity index (χ3v) is 7.56. The van der Waals surface area contributed by atoms with Crippen LogP contribution in [0.1, 0.15) is 0 Å². The highest BCUT2D eigenvalue weighted by Gasteiger charge is 2.49. The van der Waals surface area contributed by atoms with Crippen molar-refractivity contribution in [3.63, 3.8) is 0 Å². The van der Waals surface area contributed by atoms with Crippen LogP contribution in [-0.2, 0) is 14.6 Å². The Balaban J connectivity index is 2.08. The van der Waals surface area contributed by atoms with Crippen LogP contribution >= 0.6 is 46.6 Å². The molecule has 0 aromatic heterocycles. The van der Waals surface area contributed by atoms with Gasteiger partial charge in [-0.2, -0.15) is 4.99 Å². The highest BCUT2D eigenvalue weighted by molar-refractivity contribution is 8.16. The van der Waals surface area contributed by atoms with Crippen LogP contribution in [0.4, 0.5) is 5.69 Å². The summed E-state index contributed by atoms with van der Waals surface area (Å²) in [5.74, 6) is -0.693. The molecule has 0 spiro atoms. The number of aliphatic imine (C=N–C) groups is 1. The molecule has 1 aromatic rings. The molecule has 3 rings (SSSR count). The number of nitrogens with zero attached hydrogens (tertiary/aromatic N) is 2. The summed E-state index contributed by atoms with van der Waals surface area (Å²) in [6.07, 6.45) is 0. The number of benzene rings is 1. The zero-order valence-corrected chi connectivity index (χ0v) is 15.5. The Labute approximate surface area is 152 Å². The van der Waals surface area contributed by atoms with Gasteiger partial charge in [-0.15, -0.1) is 11.6 Å². The number of alkyl halides is 1. The SMILES string of the molecule is O=C(CCl)N=C1S[C@H]2CS(=O)(=O)C[C@@H]2N1c1cc(Cl)ccc1Cl. The summed E-state index contributed by atoms with van der Waals surface area (Å²) in [7, 11) is -3.13. The van der Waals surface area contributed by atoms with E-state index in [9.17, 15) is 13.2 Å². The number of hydrogen-bond acceptors (Lipinski definition) is 4. The van der Waals surface area contributed by atoms with Gasteiger partial charge < -0.3 is 4.90 Å². The molecule has 0 saturated carbocycles. The average molecular weight is 414 g/mol. The highest BCUT2D eigenvalue weighted by atomic mass is 35.5. The molecule has 5 nitrogen and oxygen atoms in total. The quantitative estimate of drug-likeness (QED) is 0.698. The standard InChI is InChI=1S/C13H11Cl3N2O3S2/c14-4-12(19)17-13-18(9-3-7(15)1-2-8(9)16)10-5-23(20,21)6-11(10)22-13/h1-3,10-11H,4-6H2/t10-,11-/m0/s1. The molecule has 1 aromatic carbocycles. The number of amides is 1. The molecular formula is C13H11Cl3N2O3S2. The molecule has 0 aliphatic carbocycles. The third-order valence-electron chi connectivity index (χ3n) is 3.57. The Morgan fingerprint density at radius 2 is 2.09 bits per heavy atom. The van der Waals surface area contributed by atoms with Gasteiger partial charge in [-0.3, -0.25) is 4.79 Å². The van der Waals surface area contributed by atoms with Crippen LogP contribution < -0.4 is 4.90 Å². The number of carbonyl (C=O) groups excluding carboxylic acids is 1. The lowest BCUT2D eigenvalue weighted by atomic mass is 10.2. The van der Waals surface area contributed by atoms with E-state index in [0.717, 1.165) is 0 Å². The van der Waals surface area contributed by atoms with Crippen molar-refractivity contribution in [2.24, 2.45) is 4.99 Å². The monoisotopic (exact) mass is 412 g/mol. The normalized spacial score (nSPS) is 27.4. The number of halogens is 3. The Hall–Kier alpha value is -0.470. The van der Waals surface area contributed by atoms with Crippen LogP contribution in [0.25, 0.3) is 0 Å². The number of carbonyl (C=O) groups is 1. The van der Waals surface area contributed by atoms with Crippen LogP contribution in [0, 0.1) is 0 Å². The van der Waals surface area contributed by atoms with Crippen molar-refractivity contribution in [3.8, 4) is 0 Å². The maximum Gasteiger partial charge on any atom is 0.262 e. The van der Waals surface area contributed by atoms with Gasteiger partial charge in [0.1, 0.15) is 5.88 Å². The molecule has 124 valence electrons. The molecule has 23 heavy (non-hydrogen) atoms. The zero-order chi connectivity index (χ0) is 16.8. The molecule has 0 bridgehead atoms. The molecule has 2 fully saturated rings. The molecule has 1 amide bonds. The summed E-state index contributed by atoms with van der Waals surface area (Å²) in [6.45, 7) is 0. The van der Waals surface area contributed by atoms with Crippen molar-refractivity contribution in [1.29, 1.82) is 0 Å². The van der Waals surface area contributed by atoms with Gasteiger partial charge in [-0.25, -0.2) is 8.42 Å². The number of hydrogen-bond donors (Lipinski definition) is 0. The fraction of sp³-hybridized carbons (Fsp3) is 0.385. The second-order valence-electron chi connectivity index (χ2n) is 5.19. The molecule has 2 aliphatic heterocycles. The van der Waals surface area contributed by atoms with E-state index in [0.29, 0.717) is 20.9 Å². The second-order valence-corrected chi connectivity index (χ2v) is 9.66. The third kappa shape index (κ3) is 3.49. The van der Waals surface area contributed by atoms with Crippen molar-refractivity contribution >= 4 is 73.2 Å². The first kappa shape index (κ1) is 17.4. The summed E-state index contributed by atoms with van der Waals surface area (Å²) in [4.78, 5) is 17.3. The van der Waals surface area contributed by atoms with Crippen molar-refractivity contribution in [3.05, 3.63) is 28.2 Å². The molecule has 2 saturated heterocycles. The maximum atomic E-state index is 11.9. The fourth-order valence-corrected chi connectivity index (χ4v) is 7.01. The number of anilines is 1. The minimum Gasteiger partial charge on any atom is -0.314 e. The molecule has 10 heteroatoms. The number of fused-ring (bicyclic) bond motifs is 1. The minimum atomic E-state index is -3.13. The number of rotatable bonds is 2. The second kappa shape index (κ2) is 6.44. The van der Waals surface area contributed by atoms with E-state index < -0.39 is 15.7 Å². The largest absolute Gasteiger partial charge is 0.314 e. The van der Waals surface area contributed by atoms with Gasteiger partial charge >= 0.3 is 0 Å². The van der Waals surface area contributed by atoms with Crippen LogP contribution in [0.2, 0.25) is 10.0 Å². The van der Waals surface area contributed by atoms with Crippen LogP contribution in [0.3, 0.4) is 0 Å². The summed E-state index contributed by atoms with van der Waals surface area (Å²) < 4.78 is 23.9. The lowest BCUT2D eigenvalue weighted by Crippen LogP contribution is -2.38. The number of sulfone groups is 1. The van der Waals surface area contributed by atoms with Crippen molar-refractivity contribution in [1.82, 2.24) is 0 Å². The van der Waals surface area contributed by atoms with Crippen molar-refractivity contribution in [2.45, 2.75) is 11.3 Å². The van der Waals surface area contributed by atoms with Crippen LogP contribution in [0.5, 0.6) is 0 Å². The summed E-state index contributed by atoms with van der Waals surface area (Å²) in [6, 6.07) is 4.57. The van der Waals surface area contributed by atoms with Gasteiger partial charge in [-0.05, 0) is 18.2 Å². The summed E-state index contributed by atoms with van der Waals surface area (Å²) in [5, 5.41) is 1.08. The van der Waals surface area contributed by atoms with Crippen LogP contribution in [0.15, 0.2) is 23.2 Å². The van der Waals surface area contributed by atoms with E-state index in [4.69, 9.17) is 34.8 Å². The summed E-state index contributed by atoms with van der Waals surface area (Å²) in [5.41, 5.74) is 0.539. The molecule has 2 atom stereocenters. The predicted molar refractivity (Wildman–Crippen MR) is 95.9 cm³/mol. The Kier molecular flexibility index (Phi) is 4.86. The Morgan fingerprint density at radius 3 is 2.78 bits per heavy atom. The predicted octanol–water partition coefficient (Wildman–Crippen LogP) is 2.83. The van der Waals surface area contributed by atoms with E-state index >= 15 is 0 Å². The molecule has 0 radical (unpaired) electrons. The lowest BCUT2D eigenvalue weighted by Gasteiger charge is -2.25. The maximum absolute atomic E-state index is 11.9. The van der Waals surface area contributed by atoms with E-state index in [-0.39, 0.29) is 28.7 Å². The molecular weight excluding hydrogens is 403 g/mol. The Bertz CT molecular complexity index is 798. The van der Waals surface area contributed by atoms with Gasteiger partial charge in [0.2, 0.25) is 0 Å². The van der Waals surface area contributed by atoms with Gasteiger partial charge in [-0.1, -0.05) is 35.0 Å². The number of thioether (sulfide) groups is 1. The first-order chi connectivity index (χ1) is 10.8. The molecule has 2 heterocycles. The number of amidine groups is 1. The van der Waals surface area contributed by atoms with E-state index in [1.54, 1.807) is 23.1 Å². The minimum absolute atomic E-state index is 0.0123. The fourth-order valence-electron chi connectivity index (χ4n) is 2.65. The first-order valence-electron chi connectivity index (χ1n) is 6.59. The van der Waals surface area contributed by atoms with E-state index in [2.05, 4.69) is 4.99 Å². The first-order valence-corrected chi connectivity index (χ1v) is 10.6. The van der Waals surface area contributed by atoms with Gasteiger partial charge in [0.05, 0.1) is 28.3 Å². The van der Waals surface area contributed by atoms with Gasteiger partial charge in [0.15, 0.2) is 15.0 Å². The molecule has 2 aliphatic rings. The van der Waals surface area contributed by atoms with Gasteiger partial charge in [0, 0.05) is 10.3 Å². The smallest absolute Gasteiger partial charge is 0.262 e. The van der Waals surface area contributed by atoms with Crippen molar-refractivity contribution in [2.75, 3.05) is 22.3 Å². The Morgan fingerprint density at radius 1 is 1.35 bits per heavy atom. The average Bonchev–Trinajstić information content (AvgIpc) is 2.92. The lowest BCUT2D eigenvalue weighted by molar-refractivity contribution is -0.115. The van der Waals surface area contributed by atoms with E-state index in [1.807, 2.05) is 0 Å². The molecule has 0 N–H and O–H groups in total. The molecule has 0 unspecified atom stereocenters. The zero-order valence-electron chi connectivity index (χ0n) is 11.6. The topological polar surface area (TPSA) is 66.8 Å².